The largest absolute Gasteiger partial charge is 0.471 e. The number of hydrogen-bond donors (Lipinski definition) is 1. The van der Waals surface area contributed by atoms with Gasteiger partial charge in [0.05, 0.1) is 12.7 Å². The lowest BCUT2D eigenvalue weighted by Crippen LogP contribution is -2.18. The quantitative estimate of drug-likeness (QED) is 0.768. The highest BCUT2D eigenvalue weighted by Gasteiger charge is 2.38. The Labute approximate surface area is 138 Å². The number of hydrogen-bond acceptors (Lipinski definition) is 6. The van der Waals surface area contributed by atoms with Crippen molar-refractivity contribution in [1.82, 2.24) is 30.5 Å². The number of aromatic nitrogens is 5. The summed E-state index contributed by atoms with van der Waals surface area (Å²) in [6, 6.07) is 6.49. The van der Waals surface area contributed by atoms with Crippen molar-refractivity contribution in [1.29, 1.82) is 0 Å². The molecule has 0 radical (unpaired) electrons. The van der Waals surface area contributed by atoms with Gasteiger partial charge in [0.2, 0.25) is 5.82 Å². The van der Waals surface area contributed by atoms with Gasteiger partial charge in [-0.3, -0.25) is 4.79 Å². The molecule has 0 aliphatic carbocycles. The molecule has 0 atom stereocenters. The molecule has 11 heteroatoms. The Kier molecular flexibility index (Phi) is 4.21. The molecule has 0 saturated carbocycles. The standard InChI is InChI=1S/C14H11F3N6O2/c1-18-12(24)10-7-23(22-20-10)6-8-2-4-9(5-3-8)11-19-13(25-21-11)14(15,16)17/h2-5,7H,6H2,1H3,(H,18,24). The summed E-state index contributed by atoms with van der Waals surface area (Å²) in [5, 5.41) is 13.3. The van der Waals surface area contributed by atoms with E-state index < -0.39 is 12.1 Å². The molecular weight excluding hydrogens is 341 g/mol. The van der Waals surface area contributed by atoms with Gasteiger partial charge in [-0.1, -0.05) is 34.6 Å². The molecule has 2 heterocycles. The lowest BCUT2D eigenvalue weighted by Gasteiger charge is -2.02. The average molecular weight is 352 g/mol. The fourth-order valence-corrected chi connectivity index (χ4v) is 2.01. The van der Waals surface area contributed by atoms with E-state index in [2.05, 4.69) is 30.3 Å². The van der Waals surface area contributed by atoms with Crippen LogP contribution in [-0.4, -0.2) is 38.1 Å². The van der Waals surface area contributed by atoms with E-state index in [0.717, 1.165) is 5.56 Å². The highest BCUT2D eigenvalue weighted by atomic mass is 19.4. The number of carbonyl (C=O) groups excluding carboxylic acids is 1. The van der Waals surface area contributed by atoms with E-state index in [1.807, 2.05) is 0 Å². The second-order valence-corrected chi connectivity index (χ2v) is 5.00. The number of nitrogens with zero attached hydrogens (tertiary/aromatic N) is 5. The fraction of sp³-hybridized carbons (Fsp3) is 0.214. The molecule has 3 rings (SSSR count). The average Bonchev–Trinajstić information content (AvgIpc) is 3.24. The molecule has 130 valence electrons. The van der Waals surface area contributed by atoms with E-state index in [1.165, 1.54) is 17.9 Å². The highest BCUT2D eigenvalue weighted by molar-refractivity contribution is 5.91. The second kappa shape index (κ2) is 6.34. The molecule has 0 aliphatic heterocycles. The van der Waals surface area contributed by atoms with E-state index in [4.69, 9.17) is 0 Å². The first kappa shape index (κ1) is 16.6. The second-order valence-electron chi connectivity index (χ2n) is 5.00. The Hall–Kier alpha value is -3.24. The first-order chi connectivity index (χ1) is 11.9. The molecule has 1 amide bonds. The fourth-order valence-electron chi connectivity index (χ4n) is 2.01. The van der Waals surface area contributed by atoms with Crippen LogP contribution >= 0.6 is 0 Å². The van der Waals surface area contributed by atoms with Crippen LogP contribution in [0.25, 0.3) is 11.4 Å². The Morgan fingerprint density at radius 3 is 2.60 bits per heavy atom. The number of benzene rings is 1. The molecule has 0 aliphatic rings. The van der Waals surface area contributed by atoms with Crippen LogP contribution in [-0.2, 0) is 12.7 Å². The molecule has 2 aromatic heterocycles. The third kappa shape index (κ3) is 3.65. The van der Waals surface area contributed by atoms with E-state index in [9.17, 15) is 18.0 Å². The molecule has 8 nitrogen and oxygen atoms in total. The van der Waals surface area contributed by atoms with Crippen LogP contribution in [0.1, 0.15) is 21.9 Å². The van der Waals surface area contributed by atoms with E-state index in [-0.39, 0.29) is 17.4 Å². The van der Waals surface area contributed by atoms with Gasteiger partial charge >= 0.3 is 12.1 Å². The lowest BCUT2D eigenvalue weighted by atomic mass is 10.1. The third-order valence-electron chi connectivity index (χ3n) is 3.22. The van der Waals surface area contributed by atoms with Crippen molar-refractivity contribution in [2.45, 2.75) is 12.7 Å². The van der Waals surface area contributed by atoms with E-state index in [0.29, 0.717) is 12.1 Å². The smallest absolute Gasteiger partial charge is 0.354 e. The van der Waals surface area contributed by atoms with Crippen LogP contribution in [0.5, 0.6) is 0 Å². The van der Waals surface area contributed by atoms with Gasteiger partial charge in [0.15, 0.2) is 5.69 Å². The van der Waals surface area contributed by atoms with E-state index in [1.54, 1.807) is 24.3 Å². The van der Waals surface area contributed by atoms with Gasteiger partial charge in [0, 0.05) is 12.6 Å². The van der Waals surface area contributed by atoms with Gasteiger partial charge in [-0.2, -0.15) is 18.2 Å². The molecule has 1 aromatic carbocycles. The molecule has 0 fully saturated rings. The van der Waals surface area contributed by atoms with Crippen LogP contribution in [0.15, 0.2) is 35.0 Å². The van der Waals surface area contributed by atoms with Crippen molar-refractivity contribution in [2.75, 3.05) is 7.05 Å². The summed E-state index contributed by atoms with van der Waals surface area (Å²) in [5.74, 6) is -1.89. The molecule has 25 heavy (non-hydrogen) atoms. The highest BCUT2D eigenvalue weighted by Crippen LogP contribution is 2.29. The molecule has 1 N–H and O–H groups in total. The summed E-state index contributed by atoms with van der Waals surface area (Å²) in [7, 11) is 1.49. The van der Waals surface area contributed by atoms with Gasteiger partial charge in [0.1, 0.15) is 0 Å². The van der Waals surface area contributed by atoms with Crippen molar-refractivity contribution in [3.05, 3.63) is 47.6 Å². The topological polar surface area (TPSA) is 98.7 Å². The number of halogens is 3. The summed E-state index contributed by atoms with van der Waals surface area (Å²) in [4.78, 5) is 14.7. The molecule has 0 saturated heterocycles. The van der Waals surface area contributed by atoms with Crippen molar-refractivity contribution in [3.63, 3.8) is 0 Å². The summed E-state index contributed by atoms with van der Waals surface area (Å²) in [5.41, 5.74) is 1.37. The van der Waals surface area contributed by atoms with Crippen molar-refractivity contribution < 1.29 is 22.5 Å². The predicted octanol–water partition coefficient (Wildman–Crippen LogP) is 1.75. The SMILES string of the molecule is CNC(=O)c1cn(Cc2ccc(-c3noc(C(F)(F)F)n3)cc2)nn1. The number of carbonyl (C=O) groups is 1. The normalized spacial score (nSPS) is 11.5. The minimum absolute atomic E-state index is 0.151. The first-order valence-corrected chi connectivity index (χ1v) is 6.99. The number of rotatable bonds is 4. The Morgan fingerprint density at radius 1 is 1.28 bits per heavy atom. The van der Waals surface area contributed by atoms with Gasteiger partial charge in [-0.15, -0.1) is 5.10 Å². The zero-order chi connectivity index (χ0) is 18.0. The Morgan fingerprint density at radius 2 is 2.00 bits per heavy atom. The molecule has 0 unspecified atom stereocenters. The summed E-state index contributed by atoms with van der Waals surface area (Å²) in [6.07, 6.45) is -3.19. The monoisotopic (exact) mass is 352 g/mol. The third-order valence-corrected chi connectivity index (χ3v) is 3.22. The van der Waals surface area contributed by atoms with Crippen molar-refractivity contribution in [2.24, 2.45) is 0 Å². The maximum absolute atomic E-state index is 12.5. The molecule has 0 bridgehead atoms. The molecule has 3 aromatic rings. The summed E-state index contributed by atoms with van der Waals surface area (Å²) in [6.45, 7) is 0.338. The summed E-state index contributed by atoms with van der Waals surface area (Å²) < 4.78 is 43.1. The van der Waals surface area contributed by atoms with Crippen LogP contribution in [0.3, 0.4) is 0 Å². The van der Waals surface area contributed by atoms with Crippen molar-refractivity contribution in [3.8, 4) is 11.4 Å². The first-order valence-electron chi connectivity index (χ1n) is 6.99. The van der Waals surface area contributed by atoms with Crippen molar-refractivity contribution >= 4 is 5.91 Å². The van der Waals surface area contributed by atoms with Crippen LogP contribution in [0, 0.1) is 0 Å². The Balaban J connectivity index is 1.73. The minimum Gasteiger partial charge on any atom is -0.354 e. The number of nitrogens with one attached hydrogen (secondary N) is 1. The molecular formula is C14H11F3N6O2. The van der Waals surface area contributed by atoms with Crippen LogP contribution < -0.4 is 5.32 Å². The Bertz CT molecular complexity index is 885. The van der Waals surface area contributed by atoms with Gasteiger partial charge in [0.25, 0.3) is 5.91 Å². The van der Waals surface area contributed by atoms with Gasteiger partial charge < -0.3 is 9.84 Å². The van der Waals surface area contributed by atoms with Crippen LogP contribution in [0.4, 0.5) is 13.2 Å². The van der Waals surface area contributed by atoms with Gasteiger partial charge in [-0.05, 0) is 5.56 Å². The number of alkyl halides is 3. The molecule has 0 spiro atoms. The zero-order valence-electron chi connectivity index (χ0n) is 12.8. The predicted molar refractivity (Wildman–Crippen MR) is 77.3 cm³/mol. The maximum Gasteiger partial charge on any atom is 0.471 e. The van der Waals surface area contributed by atoms with Gasteiger partial charge in [-0.25, -0.2) is 4.68 Å². The van der Waals surface area contributed by atoms with Crippen LogP contribution in [0.2, 0.25) is 0 Å². The zero-order valence-corrected chi connectivity index (χ0v) is 12.8. The maximum atomic E-state index is 12.5. The number of amides is 1. The lowest BCUT2D eigenvalue weighted by molar-refractivity contribution is -0.159. The van der Waals surface area contributed by atoms with E-state index >= 15 is 0 Å². The summed E-state index contributed by atoms with van der Waals surface area (Å²) >= 11 is 0. The minimum atomic E-state index is -4.68.